The van der Waals surface area contributed by atoms with Crippen molar-refractivity contribution in [2.45, 2.75) is 5.16 Å². The Morgan fingerprint density at radius 3 is 2.72 bits per heavy atom. The molecule has 4 rings (SSSR count). The number of benzene rings is 1. The normalized spacial score (nSPS) is 12.7. The van der Waals surface area contributed by atoms with E-state index in [-0.39, 0.29) is 15.7 Å². The van der Waals surface area contributed by atoms with Gasteiger partial charge in [-0.3, -0.25) is 9.00 Å². The molecule has 25 heavy (non-hydrogen) atoms. The van der Waals surface area contributed by atoms with Gasteiger partial charge in [-0.2, -0.15) is 0 Å². The number of fused-ring (bicyclic) bond motifs is 2. The lowest BCUT2D eigenvalue weighted by molar-refractivity contribution is 0.100. The average molecular weight is 388 g/mol. The Hall–Kier alpha value is -2.36. The largest absolute Gasteiger partial charge is 0.397 e. The number of hydrogen-bond donors (Lipinski definition) is 2. The zero-order valence-corrected chi connectivity index (χ0v) is 15.4. The maximum Gasteiger partial charge on any atom is 0.260 e. The van der Waals surface area contributed by atoms with E-state index in [2.05, 4.69) is 9.97 Å². The average Bonchev–Trinajstić information content (AvgIpc) is 3.15. The van der Waals surface area contributed by atoms with E-state index in [0.717, 1.165) is 27.0 Å². The summed E-state index contributed by atoms with van der Waals surface area (Å²) in [5, 5.41) is 3.79. The fourth-order valence-electron chi connectivity index (χ4n) is 2.67. The second kappa shape index (κ2) is 5.87. The van der Waals surface area contributed by atoms with Gasteiger partial charge in [0.2, 0.25) is 5.16 Å². The number of amides is 1. The van der Waals surface area contributed by atoms with E-state index in [0.29, 0.717) is 15.9 Å². The molecule has 3 heterocycles. The highest BCUT2D eigenvalue weighted by Crippen LogP contribution is 2.42. The smallest absolute Gasteiger partial charge is 0.260 e. The highest BCUT2D eigenvalue weighted by molar-refractivity contribution is 7.84. The molecule has 0 fully saturated rings. The van der Waals surface area contributed by atoms with E-state index < -0.39 is 16.7 Å². The van der Waals surface area contributed by atoms with Crippen molar-refractivity contribution in [2.75, 3.05) is 12.0 Å². The monoisotopic (exact) mass is 388 g/mol. The number of anilines is 1. The van der Waals surface area contributed by atoms with Crippen molar-refractivity contribution >= 4 is 65.4 Å². The molecular weight excluding hydrogens is 376 g/mol. The Kier molecular flexibility index (Phi) is 3.78. The summed E-state index contributed by atoms with van der Waals surface area (Å²) in [6.45, 7) is 0. The SMILES string of the molecule is CS(=O)c1nc(-c2csc3ccccc23)c2c(N)c(C(N)=O)sc2n1. The second-order valence-corrected chi connectivity index (χ2v) is 8.53. The summed E-state index contributed by atoms with van der Waals surface area (Å²) in [5.41, 5.74) is 13.3. The second-order valence-electron chi connectivity index (χ2n) is 5.34. The Labute approximate surface area is 153 Å². The van der Waals surface area contributed by atoms with Crippen LogP contribution < -0.4 is 11.5 Å². The molecule has 0 saturated carbocycles. The summed E-state index contributed by atoms with van der Waals surface area (Å²) in [6.07, 6.45) is 1.52. The predicted molar refractivity (Wildman–Crippen MR) is 103 cm³/mol. The minimum Gasteiger partial charge on any atom is -0.397 e. The summed E-state index contributed by atoms with van der Waals surface area (Å²) < 4.78 is 13.1. The van der Waals surface area contributed by atoms with Gasteiger partial charge in [0.05, 0.1) is 27.6 Å². The fourth-order valence-corrected chi connectivity index (χ4v) is 5.06. The highest BCUT2D eigenvalue weighted by atomic mass is 32.2. The molecule has 0 radical (unpaired) electrons. The van der Waals surface area contributed by atoms with Crippen molar-refractivity contribution in [3.63, 3.8) is 0 Å². The fraction of sp³-hybridized carbons (Fsp3) is 0.0625. The van der Waals surface area contributed by atoms with Gasteiger partial charge < -0.3 is 11.5 Å². The maximum absolute atomic E-state index is 12.0. The Morgan fingerprint density at radius 1 is 1.24 bits per heavy atom. The quantitative estimate of drug-likeness (QED) is 0.524. The first-order valence-electron chi connectivity index (χ1n) is 7.17. The molecule has 1 aromatic carbocycles. The highest BCUT2D eigenvalue weighted by Gasteiger charge is 2.23. The van der Waals surface area contributed by atoms with E-state index in [1.807, 2.05) is 29.6 Å². The van der Waals surface area contributed by atoms with Crippen molar-refractivity contribution in [3.8, 4) is 11.3 Å². The maximum atomic E-state index is 12.0. The standard InChI is InChI=1S/C16H12N4O2S3/c1-25(22)16-19-12(8-6-23-9-5-3-2-4-7(8)9)10-11(17)13(14(18)21)24-15(10)20-16/h2-6H,17H2,1H3,(H2,18,21). The van der Waals surface area contributed by atoms with Crippen LogP contribution in [0, 0.1) is 0 Å². The van der Waals surface area contributed by atoms with Crippen LogP contribution in [0.3, 0.4) is 0 Å². The van der Waals surface area contributed by atoms with Crippen LogP contribution in [-0.2, 0) is 10.8 Å². The van der Waals surface area contributed by atoms with Gasteiger partial charge in [0.15, 0.2) is 0 Å². The lowest BCUT2D eigenvalue weighted by atomic mass is 10.1. The number of nitrogens with zero attached hydrogens (tertiary/aromatic N) is 2. The van der Waals surface area contributed by atoms with E-state index >= 15 is 0 Å². The molecule has 0 spiro atoms. The number of primary amides is 1. The van der Waals surface area contributed by atoms with Gasteiger partial charge in [0, 0.05) is 27.3 Å². The molecule has 4 aromatic rings. The minimum absolute atomic E-state index is 0.204. The first-order chi connectivity index (χ1) is 12.0. The molecule has 1 unspecified atom stereocenters. The molecule has 3 aromatic heterocycles. The molecule has 0 saturated heterocycles. The van der Waals surface area contributed by atoms with Gasteiger partial charge in [-0.15, -0.1) is 22.7 Å². The first-order valence-corrected chi connectivity index (χ1v) is 10.4. The van der Waals surface area contributed by atoms with Gasteiger partial charge >= 0.3 is 0 Å². The number of carbonyl (C=O) groups excluding carboxylic acids is 1. The molecule has 0 aliphatic carbocycles. The van der Waals surface area contributed by atoms with Crippen molar-refractivity contribution < 1.29 is 9.00 Å². The number of nitrogens with two attached hydrogens (primary N) is 2. The van der Waals surface area contributed by atoms with Crippen LogP contribution in [0.15, 0.2) is 34.8 Å². The summed E-state index contributed by atoms with van der Waals surface area (Å²) >= 11 is 2.68. The van der Waals surface area contributed by atoms with Gasteiger partial charge in [-0.25, -0.2) is 9.97 Å². The molecule has 0 bridgehead atoms. The van der Waals surface area contributed by atoms with Crippen LogP contribution in [0.4, 0.5) is 5.69 Å². The van der Waals surface area contributed by atoms with Gasteiger partial charge in [-0.1, -0.05) is 18.2 Å². The van der Waals surface area contributed by atoms with E-state index in [4.69, 9.17) is 11.5 Å². The van der Waals surface area contributed by atoms with Crippen LogP contribution in [0.5, 0.6) is 0 Å². The number of nitrogen functional groups attached to an aromatic ring is 1. The molecule has 0 aliphatic heterocycles. The molecule has 4 N–H and O–H groups in total. The summed E-state index contributed by atoms with van der Waals surface area (Å²) in [5.74, 6) is -0.610. The molecule has 6 nitrogen and oxygen atoms in total. The third-order valence-corrected chi connectivity index (χ3v) is 6.56. The number of carbonyl (C=O) groups is 1. The predicted octanol–water partition coefficient (Wildman–Crippen LogP) is 2.99. The Bertz CT molecular complexity index is 1180. The van der Waals surface area contributed by atoms with E-state index in [9.17, 15) is 9.00 Å². The minimum atomic E-state index is -1.37. The summed E-state index contributed by atoms with van der Waals surface area (Å²) in [4.78, 5) is 21.2. The number of aromatic nitrogens is 2. The molecule has 126 valence electrons. The third kappa shape index (κ3) is 2.51. The molecular formula is C16H12N4O2S3. The van der Waals surface area contributed by atoms with Gasteiger partial charge in [0.1, 0.15) is 9.71 Å². The zero-order valence-electron chi connectivity index (χ0n) is 13.0. The lowest BCUT2D eigenvalue weighted by Crippen LogP contribution is -2.10. The zero-order chi connectivity index (χ0) is 17.7. The van der Waals surface area contributed by atoms with Crippen LogP contribution in [0.1, 0.15) is 9.67 Å². The van der Waals surface area contributed by atoms with Crippen molar-refractivity contribution in [1.82, 2.24) is 9.97 Å². The van der Waals surface area contributed by atoms with Crippen LogP contribution in [-0.4, -0.2) is 26.3 Å². The summed E-state index contributed by atoms with van der Waals surface area (Å²) in [6, 6.07) is 7.93. The van der Waals surface area contributed by atoms with Crippen LogP contribution >= 0.6 is 22.7 Å². The number of hydrogen-bond acceptors (Lipinski definition) is 7. The number of rotatable bonds is 3. The van der Waals surface area contributed by atoms with Crippen LogP contribution in [0.25, 0.3) is 31.6 Å². The topological polar surface area (TPSA) is 112 Å². The molecule has 1 atom stereocenters. The van der Waals surface area contributed by atoms with Crippen molar-refractivity contribution in [2.24, 2.45) is 5.73 Å². The molecule has 9 heteroatoms. The van der Waals surface area contributed by atoms with Crippen LogP contribution in [0.2, 0.25) is 0 Å². The third-order valence-electron chi connectivity index (χ3n) is 3.79. The van der Waals surface area contributed by atoms with Gasteiger partial charge in [-0.05, 0) is 6.07 Å². The molecule has 1 amide bonds. The number of thiophene rings is 2. The van der Waals surface area contributed by atoms with E-state index in [1.54, 1.807) is 11.3 Å². The Morgan fingerprint density at radius 2 is 2.00 bits per heavy atom. The summed E-state index contributed by atoms with van der Waals surface area (Å²) in [7, 11) is -1.37. The first kappa shape index (κ1) is 16.1. The van der Waals surface area contributed by atoms with Crippen molar-refractivity contribution in [1.29, 1.82) is 0 Å². The van der Waals surface area contributed by atoms with E-state index in [1.165, 1.54) is 6.26 Å². The van der Waals surface area contributed by atoms with Gasteiger partial charge in [0.25, 0.3) is 5.91 Å². The Balaban J connectivity index is 2.14. The lowest BCUT2D eigenvalue weighted by Gasteiger charge is -2.05. The van der Waals surface area contributed by atoms with Crippen molar-refractivity contribution in [3.05, 3.63) is 34.5 Å². The molecule has 0 aliphatic rings.